The molecule has 0 unspecified atom stereocenters. The van der Waals surface area contributed by atoms with E-state index >= 15 is 0 Å². The number of halogens is 1. The molecule has 0 atom stereocenters. The predicted octanol–water partition coefficient (Wildman–Crippen LogP) is 2.64. The highest BCUT2D eigenvalue weighted by atomic mass is 19.1. The predicted molar refractivity (Wildman–Crippen MR) is 83.7 cm³/mol. The average molecular weight is 310 g/mol. The number of amides is 1. The highest BCUT2D eigenvalue weighted by molar-refractivity contribution is 5.92. The summed E-state index contributed by atoms with van der Waals surface area (Å²) >= 11 is 0. The van der Waals surface area contributed by atoms with E-state index in [0.717, 1.165) is 11.4 Å². The molecule has 1 aromatic carbocycles. The number of nitrogens with one attached hydrogen (secondary N) is 1. The summed E-state index contributed by atoms with van der Waals surface area (Å²) in [6.07, 6.45) is 1.68. The molecule has 0 aliphatic carbocycles. The summed E-state index contributed by atoms with van der Waals surface area (Å²) < 4.78 is 14.6. The third-order valence-electron chi connectivity index (χ3n) is 3.35. The summed E-state index contributed by atoms with van der Waals surface area (Å²) in [7, 11) is 0. The van der Waals surface area contributed by atoms with Crippen molar-refractivity contribution >= 4 is 5.91 Å². The first-order valence-corrected chi connectivity index (χ1v) is 7.14. The third kappa shape index (κ3) is 3.42. The van der Waals surface area contributed by atoms with Crippen molar-refractivity contribution in [3.05, 3.63) is 77.6 Å². The molecule has 1 N–H and O–H groups in total. The van der Waals surface area contributed by atoms with E-state index in [0.29, 0.717) is 17.9 Å². The molecule has 0 fully saturated rings. The van der Waals surface area contributed by atoms with Crippen molar-refractivity contribution in [2.75, 3.05) is 0 Å². The second-order valence-electron chi connectivity index (χ2n) is 5.06. The lowest BCUT2D eigenvalue weighted by molar-refractivity contribution is 0.0945. The smallest absolute Gasteiger partial charge is 0.272 e. The zero-order chi connectivity index (χ0) is 16.2. The Balaban J connectivity index is 1.75. The van der Waals surface area contributed by atoms with Crippen LogP contribution in [-0.4, -0.2) is 20.7 Å². The lowest BCUT2D eigenvalue weighted by Crippen LogP contribution is -2.23. The van der Waals surface area contributed by atoms with Gasteiger partial charge in [0.25, 0.3) is 5.91 Å². The van der Waals surface area contributed by atoms with Gasteiger partial charge in [-0.25, -0.2) is 9.07 Å². The fraction of sp³-hybridized carbons (Fsp3) is 0.118. The van der Waals surface area contributed by atoms with E-state index < -0.39 is 0 Å². The van der Waals surface area contributed by atoms with Crippen molar-refractivity contribution in [3.8, 4) is 5.69 Å². The Hall–Kier alpha value is -3.02. The second kappa shape index (κ2) is 6.39. The summed E-state index contributed by atoms with van der Waals surface area (Å²) in [5.41, 5.74) is 2.57. The molecule has 0 aliphatic heterocycles. The Morgan fingerprint density at radius 2 is 2.00 bits per heavy atom. The van der Waals surface area contributed by atoms with E-state index in [1.807, 2.05) is 25.1 Å². The molecule has 1 amide bonds. The normalized spacial score (nSPS) is 10.5. The van der Waals surface area contributed by atoms with Crippen LogP contribution < -0.4 is 5.32 Å². The quantitative estimate of drug-likeness (QED) is 0.806. The maximum absolute atomic E-state index is 13.0. The van der Waals surface area contributed by atoms with E-state index in [1.54, 1.807) is 29.1 Å². The van der Waals surface area contributed by atoms with E-state index in [9.17, 15) is 9.18 Å². The number of rotatable bonds is 4. The van der Waals surface area contributed by atoms with Crippen LogP contribution in [0.3, 0.4) is 0 Å². The number of pyridine rings is 1. The molecule has 0 radical (unpaired) electrons. The molecule has 0 saturated carbocycles. The zero-order valence-corrected chi connectivity index (χ0v) is 12.5. The van der Waals surface area contributed by atoms with Crippen LogP contribution in [0, 0.1) is 12.7 Å². The van der Waals surface area contributed by atoms with Crippen LogP contribution in [0.2, 0.25) is 0 Å². The minimum atomic E-state index is -0.313. The van der Waals surface area contributed by atoms with E-state index in [4.69, 9.17) is 0 Å². The van der Waals surface area contributed by atoms with Crippen LogP contribution in [0.1, 0.15) is 21.9 Å². The monoisotopic (exact) mass is 310 g/mol. The number of benzene rings is 1. The van der Waals surface area contributed by atoms with Crippen molar-refractivity contribution in [3.63, 3.8) is 0 Å². The maximum Gasteiger partial charge on any atom is 0.272 e. The number of hydrogen-bond donors (Lipinski definition) is 1. The first kappa shape index (κ1) is 14.9. The molecular formula is C17H15FN4O. The number of aromatic nitrogens is 3. The average Bonchev–Trinajstić information content (AvgIpc) is 2.96. The minimum absolute atomic E-state index is 0.278. The van der Waals surface area contributed by atoms with Gasteiger partial charge >= 0.3 is 0 Å². The van der Waals surface area contributed by atoms with Crippen LogP contribution in [0.25, 0.3) is 5.69 Å². The molecule has 2 heterocycles. The first-order chi connectivity index (χ1) is 11.1. The van der Waals surface area contributed by atoms with Gasteiger partial charge in [0.2, 0.25) is 0 Å². The van der Waals surface area contributed by atoms with Crippen molar-refractivity contribution < 1.29 is 9.18 Å². The highest BCUT2D eigenvalue weighted by Gasteiger charge is 2.13. The van der Waals surface area contributed by atoms with Gasteiger partial charge in [-0.15, -0.1) is 0 Å². The molecule has 0 aliphatic rings. The summed E-state index contributed by atoms with van der Waals surface area (Å²) in [5, 5.41) is 7.06. The molecular weight excluding hydrogens is 295 g/mol. The maximum atomic E-state index is 13.0. The van der Waals surface area contributed by atoms with Gasteiger partial charge in [0.05, 0.1) is 17.9 Å². The third-order valence-corrected chi connectivity index (χ3v) is 3.35. The first-order valence-electron chi connectivity index (χ1n) is 7.14. The lowest BCUT2D eigenvalue weighted by atomic mass is 10.3. The van der Waals surface area contributed by atoms with Crippen LogP contribution in [0.4, 0.5) is 4.39 Å². The van der Waals surface area contributed by atoms with Gasteiger partial charge in [-0.2, -0.15) is 5.10 Å². The number of hydrogen-bond acceptors (Lipinski definition) is 3. The fourth-order valence-electron chi connectivity index (χ4n) is 2.19. The molecule has 0 bridgehead atoms. The number of nitrogens with zero attached hydrogens (tertiary/aromatic N) is 3. The van der Waals surface area contributed by atoms with Crippen LogP contribution >= 0.6 is 0 Å². The summed E-state index contributed by atoms with van der Waals surface area (Å²) in [6, 6.07) is 13.2. The Morgan fingerprint density at radius 1 is 1.22 bits per heavy atom. The molecule has 0 spiro atoms. The summed E-state index contributed by atoms with van der Waals surface area (Å²) in [4.78, 5) is 16.3. The topological polar surface area (TPSA) is 59.8 Å². The molecule has 2 aromatic heterocycles. The van der Waals surface area contributed by atoms with Gasteiger partial charge < -0.3 is 5.32 Å². The van der Waals surface area contributed by atoms with Gasteiger partial charge in [-0.1, -0.05) is 6.07 Å². The standard InChI is InChI=1S/C17H15FN4O/c1-12-10-16(17(23)20-11-14-4-2-3-9-19-14)21-22(12)15-7-5-13(18)6-8-15/h2-10H,11H2,1H3,(H,20,23). The molecule has 6 heteroatoms. The Kier molecular flexibility index (Phi) is 4.14. The molecule has 3 rings (SSSR count). The van der Waals surface area contributed by atoms with Gasteiger partial charge in [0.1, 0.15) is 5.82 Å². The Bertz CT molecular complexity index is 812. The highest BCUT2D eigenvalue weighted by Crippen LogP contribution is 2.13. The van der Waals surface area contributed by atoms with Crippen molar-refractivity contribution in [1.82, 2.24) is 20.1 Å². The largest absolute Gasteiger partial charge is 0.345 e. The van der Waals surface area contributed by atoms with Gasteiger partial charge in [-0.3, -0.25) is 9.78 Å². The van der Waals surface area contributed by atoms with E-state index in [1.165, 1.54) is 12.1 Å². The second-order valence-corrected chi connectivity index (χ2v) is 5.06. The summed E-state index contributed by atoms with van der Waals surface area (Å²) in [5.74, 6) is -0.591. The van der Waals surface area contributed by atoms with Crippen LogP contribution in [0.15, 0.2) is 54.7 Å². The number of aryl methyl sites for hydroxylation is 1. The summed E-state index contributed by atoms with van der Waals surface area (Å²) in [6.45, 7) is 2.17. The van der Waals surface area contributed by atoms with Gasteiger partial charge in [0, 0.05) is 11.9 Å². The fourth-order valence-corrected chi connectivity index (χ4v) is 2.19. The zero-order valence-electron chi connectivity index (χ0n) is 12.5. The van der Waals surface area contributed by atoms with Crippen LogP contribution in [-0.2, 0) is 6.54 Å². The molecule has 3 aromatic rings. The Labute approximate surface area is 132 Å². The number of carbonyl (C=O) groups is 1. The van der Waals surface area contributed by atoms with Crippen molar-refractivity contribution in [1.29, 1.82) is 0 Å². The molecule has 116 valence electrons. The van der Waals surface area contributed by atoms with E-state index in [-0.39, 0.29) is 11.7 Å². The molecule has 5 nitrogen and oxygen atoms in total. The van der Waals surface area contributed by atoms with E-state index in [2.05, 4.69) is 15.4 Å². The lowest BCUT2D eigenvalue weighted by Gasteiger charge is -2.04. The molecule has 23 heavy (non-hydrogen) atoms. The SMILES string of the molecule is Cc1cc(C(=O)NCc2ccccn2)nn1-c1ccc(F)cc1. The van der Waals surface area contributed by atoms with Crippen LogP contribution in [0.5, 0.6) is 0 Å². The number of carbonyl (C=O) groups excluding carboxylic acids is 1. The van der Waals surface area contributed by atoms with Gasteiger partial charge in [0.15, 0.2) is 5.69 Å². The van der Waals surface area contributed by atoms with Crippen molar-refractivity contribution in [2.45, 2.75) is 13.5 Å². The Morgan fingerprint density at radius 3 is 2.70 bits per heavy atom. The molecule has 0 saturated heterocycles. The van der Waals surface area contributed by atoms with Crippen molar-refractivity contribution in [2.24, 2.45) is 0 Å². The minimum Gasteiger partial charge on any atom is -0.345 e. The van der Waals surface area contributed by atoms with Gasteiger partial charge in [-0.05, 0) is 49.4 Å².